The number of benzene rings is 2. The van der Waals surface area contributed by atoms with Gasteiger partial charge >= 0.3 is 5.97 Å². The third kappa shape index (κ3) is 4.84. The number of carbonyl (C=O) groups is 1. The van der Waals surface area contributed by atoms with Crippen LogP contribution in [0.4, 0.5) is 0 Å². The van der Waals surface area contributed by atoms with E-state index >= 15 is 0 Å². The van der Waals surface area contributed by atoms with Crippen LogP contribution in [-0.4, -0.2) is 35.6 Å². The number of nitrogens with zero attached hydrogens (tertiary/aromatic N) is 1. The first kappa shape index (κ1) is 18.4. The SMILES string of the molecule is O=C(O)C1=CCCN(CCC=C(c2ccccc2)c2ccc(Cl)cc2)C1. The van der Waals surface area contributed by atoms with Crippen molar-refractivity contribution in [1.82, 2.24) is 4.90 Å². The van der Waals surface area contributed by atoms with Crippen LogP contribution in [0.25, 0.3) is 5.57 Å². The van der Waals surface area contributed by atoms with Gasteiger partial charge in [-0.1, -0.05) is 66.2 Å². The fourth-order valence-corrected chi connectivity index (χ4v) is 3.32. The van der Waals surface area contributed by atoms with Gasteiger partial charge in [-0.3, -0.25) is 4.90 Å². The Morgan fingerprint density at radius 2 is 1.77 bits per heavy atom. The van der Waals surface area contributed by atoms with Gasteiger partial charge in [-0.2, -0.15) is 0 Å². The second-order valence-electron chi connectivity index (χ2n) is 6.38. The van der Waals surface area contributed by atoms with Gasteiger partial charge in [0.25, 0.3) is 0 Å². The summed E-state index contributed by atoms with van der Waals surface area (Å²) in [5.41, 5.74) is 3.97. The molecule has 1 aliphatic heterocycles. The van der Waals surface area contributed by atoms with Crippen LogP contribution in [0.2, 0.25) is 5.02 Å². The summed E-state index contributed by atoms with van der Waals surface area (Å²) in [6.45, 7) is 2.27. The Labute approximate surface area is 159 Å². The fraction of sp³-hybridized carbons (Fsp3) is 0.227. The first-order valence-corrected chi connectivity index (χ1v) is 9.17. The van der Waals surface area contributed by atoms with Gasteiger partial charge < -0.3 is 5.11 Å². The third-order valence-electron chi connectivity index (χ3n) is 4.54. The maximum Gasteiger partial charge on any atom is 0.332 e. The summed E-state index contributed by atoms with van der Waals surface area (Å²) in [4.78, 5) is 13.4. The van der Waals surface area contributed by atoms with E-state index < -0.39 is 5.97 Å². The van der Waals surface area contributed by atoms with E-state index in [1.54, 1.807) is 0 Å². The predicted octanol–water partition coefficient (Wildman–Crippen LogP) is 4.88. The second-order valence-corrected chi connectivity index (χ2v) is 6.82. The number of halogens is 1. The van der Waals surface area contributed by atoms with E-state index in [0.29, 0.717) is 12.1 Å². The molecule has 1 heterocycles. The van der Waals surface area contributed by atoms with Crippen LogP contribution < -0.4 is 0 Å². The van der Waals surface area contributed by atoms with Crippen LogP contribution in [0.3, 0.4) is 0 Å². The Hall–Kier alpha value is -2.36. The highest BCUT2D eigenvalue weighted by Gasteiger charge is 2.16. The van der Waals surface area contributed by atoms with Crippen molar-refractivity contribution in [3.8, 4) is 0 Å². The van der Waals surface area contributed by atoms with Crippen molar-refractivity contribution in [3.63, 3.8) is 0 Å². The minimum Gasteiger partial charge on any atom is -0.478 e. The van der Waals surface area contributed by atoms with Crippen molar-refractivity contribution < 1.29 is 9.90 Å². The highest BCUT2D eigenvalue weighted by atomic mass is 35.5. The highest BCUT2D eigenvalue weighted by Crippen LogP contribution is 2.25. The quantitative estimate of drug-likeness (QED) is 0.791. The van der Waals surface area contributed by atoms with E-state index in [0.717, 1.165) is 36.5 Å². The van der Waals surface area contributed by atoms with Crippen LogP contribution in [0, 0.1) is 0 Å². The summed E-state index contributed by atoms with van der Waals surface area (Å²) in [7, 11) is 0. The molecule has 1 N–H and O–H groups in total. The monoisotopic (exact) mass is 367 g/mol. The molecule has 0 amide bonds. The molecule has 0 bridgehead atoms. The summed E-state index contributed by atoms with van der Waals surface area (Å²) in [5.74, 6) is -0.809. The molecule has 0 aromatic heterocycles. The maximum atomic E-state index is 11.2. The molecule has 134 valence electrons. The lowest BCUT2D eigenvalue weighted by Crippen LogP contribution is -2.32. The van der Waals surface area contributed by atoms with Crippen molar-refractivity contribution in [3.05, 3.63) is 88.5 Å². The molecule has 2 aromatic carbocycles. The van der Waals surface area contributed by atoms with Gasteiger partial charge in [-0.15, -0.1) is 0 Å². The number of hydrogen-bond donors (Lipinski definition) is 1. The van der Waals surface area contributed by atoms with Gasteiger partial charge in [0, 0.05) is 30.2 Å². The molecule has 0 saturated heterocycles. The molecule has 0 fully saturated rings. The smallest absolute Gasteiger partial charge is 0.332 e. The average Bonchev–Trinajstić information content (AvgIpc) is 2.67. The number of carboxylic acids is 1. The summed E-state index contributed by atoms with van der Waals surface area (Å²) < 4.78 is 0. The second kappa shape index (κ2) is 8.84. The molecule has 4 heteroatoms. The number of hydrogen-bond acceptors (Lipinski definition) is 2. The summed E-state index contributed by atoms with van der Waals surface area (Å²) in [5, 5.41) is 9.90. The molecule has 0 aliphatic carbocycles. The van der Waals surface area contributed by atoms with E-state index in [1.807, 2.05) is 48.5 Å². The molecule has 3 rings (SSSR count). The Morgan fingerprint density at radius 1 is 1.08 bits per heavy atom. The summed E-state index contributed by atoms with van der Waals surface area (Å²) >= 11 is 6.03. The zero-order valence-corrected chi connectivity index (χ0v) is 15.3. The van der Waals surface area contributed by atoms with E-state index in [9.17, 15) is 9.90 Å². The third-order valence-corrected chi connectivity index (χ3v) is 4.79. The minimum absolute atomic E-state index is 0.501. The Balaban J connectivity index is 1.74. The van der Waals surface area contributed by atoms with Crippen molar-refractivity contribution in [2.45, 2.75) is 12.8 Å². The van der Waals surface area contributed by atoms with Crippen LogP contribution in [-0.2, 0) is 4.79 Å². The molecule has 3 nitrogen and oxygen atoms in total. The largest absolute Gasteiger partial charge is 0.478 e. The van der Waals surface area contributed by atoms with Gasteiger partial charge in [0.1, 0.15) is 0 Å². The Morgan fingerprint density at radius 3 is 2.46 bits per heavy atom. The highest BCUT2D eigenvalue weighted by molar-refractivity contribution is 6.30. The van der Waals surface area contributed by atoms with Gasteiger partial charge in [-0.05, 0) is 41.7 Å². The summed E-state index contributed by atoms with van der Waals surface area (Å²) in [6.07, 6.45) is 5.73. The molecule has 26 heavy (non-hydrogen) atoms. The van der Waals surface area contributed by atoms with Crippen molar-refractivity contribution in [2.24, 2.45) is 0 Å². The fourth-order valence-electron chi connectivity index (χ4n) is 3.19. The normalized spacial score (nSPS) is 15.6. The maximum absolute atomic E-state index is 11.2. The van der Waals surface area contributed by atoms with Crippen LogP contribution in [0.15, 0.2) is 72.3 Å². The van der Waals surface area contributed by atoms with E-state index in [1.165, 1.54) is 11.1 Å². The molecule has 0 saturated carbocycles. The van der Waals surface area contributed by atoms with Crippen molar-refractivity contribution in [2.75, 3.05) is 19.6 Å². The first-order chi connectivity index (χ1) is 12.6. The lowest BCUT2D eigenvalue weighted by molar-refractivity contribution is -0.133. The number of carboxylic acid groups (broad SMARTS) is 1. The van der Waals surface area contributed by atoms with Crippen LogP contribution in [0.1, 0.15) is 24.0 Å². The topological polar surface area (TPSA) is 40.5 Å². The molecule has 0 unspecified atom stereocenters. The molecule has 1 aliphatic rings. The molecule has 0 atom stereocenters. The average molecular weight is 368 g/mol. The van der Waals surface area contributed by atoms with Crippen molar-refractivity contribution >= 4 is 23.1 Å². The zero-order chi connectivity index (χ0) is 18.4. The molecule has 0 spiro atoms. The number of aliphatic carboxylic acids is 1. The zero-order valence-electron chi connectivity index (χ0n) is 14.6. The molecule has 2 aromatic rings. The lowest BCUT2D eigenvalue weighted by Gasteiger charge is -2.25. The van der Waals surface area contributed by atoms with E-state index in [4.69, 9.17) is 11.6 Å². The molecule has 0 radical (unpaired) electrons. The summed E-state index contributed by atoms with van der Waals surface area (Å²) in [6, 6.07) is 18.2. The van der Waals surface area contributed by atoms with Gasteiger partial charge in [-0.25, -0.2) is 4.79 Å². The first-order valence-electron chi connectivity index (χ1n) is 8.79. The molecular weight excluding hydrogens is 346 g/mol. The van der Waals surface area contributed by atoms with Crippen LogP contribution in [0.5, 0.6) is 0 Å². The van der Waals surface area contributed by atoms with Crippen LogP contribution >= 0.6 is 11.6 Å². The van der Waals surface area contributed by atoms with Crippen molar-refractivity contribution in [1.29, 1.82) is 0 Å². The predicted molar refractivity (Wildman–Crippen MR) is 106 cm³/mol. The standard InChI is InChI=1S/C22H22ClNO2/c23-20-12-10-18(11-13-20)21(17-6-2-1-3-7-17)9-5-15-24-14-4-8-19(16-24)22(25)26/h1-3,6-13H,4-5,14-16H2,(H,25,26). The Kier molecular flexibility index (Phi) is 6.26. The van der Waals surface area contributed by atoms with E-state index in [2.05, 4.69) is 23.1 Å². The minimum atomic E-state index is -0.809. The van der Waals surface area contributed by atoms with Gasteiger partial charge in [0.2, 0.25) is 0 Å². The Bertz CT molecular complexity index is 810. The van der Waals surface area contributed by atoms with Gasteiger partial charge in [0.15, 0.2) is 0 Å². The van der Waals surface area contributed by atoms with Gasteiger partial charge in [0.05, 0.1) is 0 Å². The number of rotatable bonds is 6. The van der Waals surface area contributed by atoms with E-state index in [-0.39, 0.29) is 0 Å². The molecular formula is C22H22ClNO2. The lowest BCUT2D eigenvalue weighted by atomic mass is 9.97.